The van der Waals surface area contributed by atoms with Gasteiger partial charge in [0.2, 0.25) is 5.91 Å². The monoisotopic (exact) mass is 465 g/mol. The van der Waals surface area contributed by atoms with Crippen LogP contribution in [0.4, 0.5) is 0 Å². The van der Waals surface area contributed by atoms with E-state index >= 15 is 0 Å². The zero-order valence-corrected chi connectivity index (χ0v) is 19.6. The number of hydrogen-bond donors (Lipinski definition) is 1. The van der Waals surface area contributed by atoms with Gasteiger partial charge in [0, 0.05) is 30.9 Å². The number of amides is 2. The van der Waals surface area contributed by atoms with Gasteiger partial charge in [-0.3, -0.25) is 9.59 Å². The van der Waals surface area contributed by atoms with Crippen molar-refractivity contribution in [3.63, 3.8) is 0 Å². The second-order valence-corrected chi connectivity index (χ2v) is 8.71. The maximum Gasteiger partial charge on any atom is 0.273 e. The summed E-state index contributed by atoms with van der Waals surface area (Å²) in [4.78, 5) is 31.9. The lowest BCUT2D eigenvalue weighted by Gasteiger charge is -2.31. The minimum atomic E-state index is -0.109. The van der Waals surface area contributed by atoms with Gasteiger partial charge in [0.05, 0.1) is 19.8 Å². The lowest BCUT2D eigenvalue weighted by molar-refractivity contribution is -0.126. The number of likely N-dealkylation sites (tertiary alicyclic amines) is 1. The molecule has 4 rings (SSSR count). The minimum Gasteiger partial charge on any atom is -0.493 e. The fourth-order valence-electron chi connectivity index (χ4n) is 3.99. The van der Waals surface area contributed by atoms with E-state index in [9.17, 15) is 9.59 Å². The van der Waals surface area contributed by atoms with Crippen molar-refractivity contribution < 1.29 is 19.1 Å². The molecule has 1 aliphatic rings. The van der Waals surface area contributed by atoms with Crippen LogP contribution in [0.2, 0.25) is 0 Å². The highest BCUT2D eigenvalue weighted by atomic mass is 32.1. The molecule has 172 valence electrons. The lowest BCUT2D eigenvalue weighted by Crippen LogP contribution is -2.43. The molecule has 0 radical (unpaired) electrons. The Morgan fingerprint density at radius 1 is 1.06 bits per heavy atom. The van der Waals surface area contributed by atoms with Crippen LogP contribution >= 0.6 is 11.3 Å². The van der Waals surface area contributed by atoms with E-state index in [-0.39, 0.29) is 17.7 Å². The number of thiazole rings is 1. The summed E-state index contributed by atoms with van der Waals surface area (Å²) in [6, 6.07) is 15.4. The van der Waals surface area contributed by atoms with Crippen LogP contribution in [-0.4, -0.2) is 49.0 Å². The van der Waals surface area contributed by atoms with Gasteiger partial charge >= 0.3 is 0 Å². The highest BCUT2D eigenvalue weighted by molar-refractivity contribution is 7.13. The number of nitrogens with zero attached hydrogens (tertiary/aromatic N) is 2. The normalized spacial score (nSPS) is 14.1. The third kappa shape index (κ3) is 5.17. The number of piperidine rings is 1. The molecule has 1 aromatic heterocycles. The fraction of sp³-hybridized carbons (Fsp3) is 0.320. The molecule has 1 fully saturated rings. The van der Waals surface area contributed by atoms with Crippen molar-refractivity contribution in [3.05, 3.63) is 65.2 Å². The zero-order chi connectivity index (χ0) is 23.2. The molecule has 3 aromatic rings. The first-order chi connectivity index (χ1) is 16.1. The Labute approximate surface area is 197 Å². The topological polar surface area (TPSA) is 80.8 Å². The molecule has 0 spiro atoms. The van der Waals surface area contributed by atoms with E-state index in [0.29, 0.717) is 54.7 Å². The van der Waals surface area contributed by atoms with Gasteiger partial charge in [-0.1, -0.05) is 36.4 Å². The third-order valence-corrected chi connectivity index (χ3v) is 6.69. The zero-order valence-electron chi connectivity index (χ0n) is 18.7. The maximum absolute atomic E-state index is 13.0. The molecular weight excluding hydrogens is 438 g/mol. The van der Waals surface area contributed by atoms with Gasteiger partial charge in [-0.15, -0.1) is 11.3 Å². The smallest absolute Gasteiger partial charge is 0.273 e. The Kier molecular flexibility index (Phi) is 7.24. The number of methoxy groups -OCH3 is 2. The Morgan fingerprint density at radius 3 is 2.52 bits per heavy atom. The number of ether oxygens (including phenoxy) is 2. The maximum atomic E-state index is 13.0. The summed E-state index contributed by atoms with van der Waals surface area (Å²) in [7, 11) is 3.17. The summed E-state index contributed by atoms with van der Waals surface area (Å²) >= 11 is 1.40. The first-order valence-corrected chi connectivity index (χ1v) is 11.8. The van der Waals surface area contributed by atoms with Crippen LogP contribution < -0.4 is 14.8 Å². The van der Waals surface area contributed by atoms with Crippen molar-refractivity contribution in [2.75, 3.05) is 27.3 Å². The number of carbonyl (C=O) groups excluding carboxylic acids is 2. The number of benzene rings is 2. The SMILES string of the molecule is COc1cccc(-c2nc(C(=O)N3CCC(C(=O)NCc4ccccc4)CC3)cs2)c1OC. The molecule has 8 heteroatoms. The summed E-state index contributed by atoms with van der Waals surface area (Å²) in [5, 5.41) is 5.48. The highest BCUT2D eigenvalue weighted by Crippen LogP contribution is 2.39. The standard InChI is InChI=1S/C25H27N3O4S/c1-31-21-10-6-9-19(22(21)32-2)24-27-20(16-33-24)25(30)28-13-11-18(12-14-28)23(29)26-15-17-7-4-3-5-8-17/h3-10,16,18H,11-15H2,1-2H3,(H,26,29). The molecule has 33 heavy (non-hydrogen) atoms. The van der Waals surface area contributed by atoms with Gasteiger partial charge in [0.15, 0.2) is 11.5 Å². The molecule has 0 unspecified atom stereocenters. The van der Waals surface area contributed by atoms with Gasteiger partial charge in [-0.25, -0.2) is 4.98 Å². The van der Waals surface area contributed by atoms with Crippen molar-refractivity contribution in [1.82, 2.24) is 15.2 Å². The van der Waals surface area contributed by atoms with Crippen molar-refractivity contribution >= 4 is 23.2 Å². The van der Waals surface area contributed by atoms with Gasteiger partial charge < -0.3 is 19.7 Å². The number of para-hydroxylation sites is 1. The van der Waals surface area contributed by atoms with E-state index in [1.165, 1.54) is 11.3 Å². The molecule has 2 aromatic carbocycles. The van der Waals surface area contributed by atoms with Crippen molar-refractivity contribution in [3.8, 4) is 22.1 Å². The van der Waals surface area contributed by atoms with E-state index in [1.807, 2.05) is 48.5 Å². The second-order valence-electron chi connectivity index (χ2n) is 7.85. The molecule has 0 saturated carbocycles. The van der Waals surface area contributed by atoms with Crippen LogP contribution in [-0.2, 0) is 11.3 Å². The predicted octanol–water partition coefficient (Wildman–Crippen LogP) is 4.00. The summed E-state index contributed by atoms with van der Waals surface area (Å²) < 4.78 is 10.9. The largest absolute Gasteiger partial charge is 0.493 e. The minimum absolute atomic E-state index is 0.0482. The molecule has 1 saturated heterocycles. The predicted molar refractivity (Wildman–Crippen MR) is 128 cm³/mol. The molecular formula is C25H27N3O4S. The van der Waals surface area contributed by atoms with E-state index in [2.05, 4.69) is 10.3 Å². The molecule has 0 aliphatic carbocycles. The highest BCUT2D eigenvalue weighted by Gasteiger charge is 2.29. The molecule has 2 amide bonds. The van der Waals surface area contributed by atoms with Crippen LogP contribution in [0.3, 0.4) is 0 Å². The third-order valence-electron chi connectivity index (χ3n) is 5.82. The number of hydrogen-bond acceptors (Lipinski definition) is 6. The average molecular weight is 466 g/mol. The number of aromatic nitrogens is 1. The Balaban J connectivity index is 1.35. The van der Waals surface area contributed by atoms with Gasteiger partial charge in [-0.2, -0.15) is 0 Å². The molecule has 0 bridgehead atoms. The van der Waals surface area contributed by atoms with Crippen LogP contribution in [0.25, 0.3) is 10.6 Å². The van der Waals surface area contributed by atoms with Gasteiger partial charge in [-0.05, 0) is 30.5 Å². The molecule has 1 aliphatic heterocycles. The molecule has 1 N–H and O–H groups in total. The van der Waals surface area contributed by atoms with E-state index in [0.717, 1.165) is 11.1 Å². The fourth-order valence-corrected chi connectivity index (χ4v) is 4.80. The van der Waals surface area contributed by atoms with Crippen molar-refractivity contribution in [2.45, 2.75) is 19.4 Å². The Hall–Kier alpha value is -3.39. The van der Waals surface area contributed by atoms with E-state index in [1.54, 1.807) is 24.5 Å². The first-order valence-electron chi connectivity index (χ1n) is 10.9. The Morgan fingerprint density at radius 2 is 1.82 bits per heavy atom. The van der Waals surface area contributed by atoms with Gasteiger partial charge in [0.25, 0.3) is 5.91 Å². The first kappa shape index (κ1) is 22.8. The van der Waals surface area contributed by atoms with E-state index in [4.69, 9.17) is 9.47 Å². The summed E-state index contributed by atoms with van der Waals surface area (Å²) in [6.45, 7) is 1.60. The van der Waals surface area contributed by atoms with E-state index < -0.39 is 0 Å². The van der Waals surface area contributed by atoms with Crippen LogP contribution in [0, 0.1) is 5.92 Å². The number of rotatable bonds is 7. The average Bonchev–Trinajstić information content (AvgIpc) is 3.37. The lowest BCUT2D eigenvalue weighted by atomic mass is 9.95. The molecule has 7 nitrogen and oxygen atoms in total. The van der Waals surface area contributed by atoms with Crippen LogP contribution in [0.15, 0.2) is 53.9 Å². The molecule has 2 heterocycles. The summed E-state index contributed by atoms with van der Waals surface area (Å²) in [5.74, 6) is 1.07. The quantitative estimate of drug-likeness (QED) is 0.571. The second kappa shape index (κ2) is 10.5. The number of nitrogens with one attached hydrogen (secondary N) is 1. The van der Waals surface area contributed by atoms with Crippen molar-refractivity contribution in [1.29, 1.82) is 0 Å². The van der Waals surface area contributed by atoms with Crippen molar-refractivity contribution in [2.24, 2.45) is 5.92 Å². The summed E-state index contributed by atoms with van der Waals surface area (Å²) in [6.07, 6.45) is 1.29. The van der Waals surface area contributed by atoms with Crippen LogP contribution in [0.5, 0.6) is 11.5 Å². The van der Waals surface area contributed by atoms with Gasteiger partial charge in [0.1, 0.15) is 10.7 Å². The summed E-state index contributed by atoms with van der Waals surface area (Å²) in [5.41, 5.74) is 2.27. The van der Waals surface area contributed by atoms with Crippen LogP contribution in [0.1, 0.15) is 28.9 Å². The molecule has 0 atom stereocenters. The Bertz CT molecular complexity index is 1110. The number of carbonyl (C=O) groups is 2.